The second-order valence-electron chi connectivity index (χ2n) is 4.68. The molecule has 1 fully saturated rings. The first kappa shape index (κ1) is 12.6. The van der Waals surface area contributed by atoms with Gasteiger partial charge in [-0.15, -0.1) is 11.3 Å². The third kappa shape index (κ3) is 3.11. The molecule has 0 radical (unpaired) electrons. The fraction of sp³-hybridized carbons (Fsp3) is 0.429. The summed E-state index contributed by atoms with van der Waals surface area (Å²) in [5.41, 5.74) is 0.950. The Labute approximate surface area is 116 Å². The summed E-state index contributed by atoms with van der Waals surface area (Å²) in [6, 6.07) is 6.05. The van der Waals surface area contributed by atoms with Crippen molar-refractivity contribution in [3.05, 3.63) is 29.4 Å². The molecule has 4 nitrogen and oxygen atoms in total. The van der Waals surface area contributed by atoms with Gasteiger partial charge in [0, 0.05) is 6.07 Å². The number of rotatable bonds is 3. The molecule has 0 unspecified atom stereocenters. The minimum atomic E-state index is 0.270. The molecule has 0 aliphatic carbocycles. The van der Waals surface area contributed by atoms with Gasteiger partial charge in [-0.2, -0.15) is 4.98 Å². The summed E-state index contributed by atoms with van der Waals surface area (Å²) in [7, 11) is 0. The predicted octanol–water partition coefficient (Wildman–Crippen LogP) is 2.64. The van der Waals surface area contributed by atoms with E-state index in [9.17, 15) is 0 Å². The second kappa shape index (κ2) is 5.67. The number of hydrogen-bond donors (Lipinski definition) is 1. The molecule has 0 aromatic carbocycles. The number of aromatic nitrogens is 2. The first-order chi connectivity index (χ1) is 9.31. The van der Waals surface area contributed by atoms with Crippen molar-refractivity contribution in [3.8, 4) is 16.5 Å². The van der Waals surface area contributed by atoms with Crippen molar-refractivity contribution in [2.24, 2.45) is 0 Å². The number of ether oxygens (including phenoxy) is 1. The van der Waals surface area contributed by atoms with Gasteiger partial charge in [0.15, 0.2) is 0 Å². The summed E-state index contributed by atoms with van der Waals surface area (Å²) in [6.07, 6.45) is 2.35. The van der Waals surface area contributed by atoms with Gasteiger partial charge < -0.3 is 10.1 Å². The summed E-state index contributed by atoms with van der Waals surface area (Å²) in [6.45, 7) is 3.95. The van der Waals surface area contributed by atoms with Crippen LogP contribution in [0.2, 0.25) is 0 Å². The van der Waals surface area contributed by atoms with Crippen molar-refractivity contribution in [2.45, 2.75) is 25.9 Å². The van der Waals surface area contributed by atoms with E-state index in [2.05, 4.69) is 26.7 Å². The van der Waals surface area contributed by atoms with Crippen molar-refractivity contribution < 1.29 is 4.74 Å². The summed E-state index contributed by atoms with van der Waals surface area (Å²) < 4.78 is 5.99. The van der Waals surface area contributed by atoms with Crippen LogP contribution in [0.15, 0.2) is 23.6 Å². The molecule has 0 spiro atoms. The minimum absolute atomic E-state index is 0.270. The molecule has 0 atom stereocenters. The highest BCUT2D eigenvalue weighted by Crippen LogP contribution is 2.26. The van der Waals surface area contributed by atoms with Crippen molar-refractivity contribution in [2.75, 3.05) is 13.1 Å². The normalized spacial score (nSPS) is 16.5. The van der Waals surface area contributed by atoms with E-state index in [1.165, 1.54) is 0 Å². The monoisotopic (exact) mass is 275 g/mol. The Kier molecular flexibility index (Phi) is 3.75. The Hall–Kier alpha value is -1.46. The third-order valence-corrected chi connectivity index (χ3v) is 4.05. The molecule has 19 heavy (non-hydrogen) atoms. The summed E-state index contributed by atoms with van der Waals surface area (Å²) in [5, 5.41) is 5.39. The van der Waals surface area contributed by atoms with Crippen LogP contribution in [0.3, 0.4) is 0 Å². The molecular weight excluding hydrogens is 258 g/mol. The van der Waals surface area contributed by atoms with Gasteiger partial charge in [0.2, 0.25) is 5.88 Å². The Balaban J connectivity index is 1.81. The number of aryl methyl sites for hydroxylation is 1. The van der Waals surface area contributed by atoms with Gasteiger partial charge in [-0.3, -0.25) is 0 Å². The molecule has 1 aliphatic rings. The van der Waals surface area contributed by atoms with Gasteiger partial charge in [0.05, 0.1) is 10.6 Å². The fourth-order valence-electron chi connectivity index (χ4n) is 2.24. The van der Waals surface area contributed by atoms with Crippen LogP contribution in [0.1, 0.15) is 18.7 Å². The molecule has 2 aromatic heterocycles. The van der Waals surface area contributed by atoms with Gasteiger partial charge in [-0.1, -0.05) is 6.07 Å². The Morgan fingerprint density at radius 3 is 2.89 bits per heavy atom. The molecule has 0 amide bonds. The highest BCUT2D eigenvalue weighted by Gasteiger charge is 2.16. The molecule has 1 N–H and O–H groups in total. The van der Waals surface area contributed by atoms with Gasteiger partial charge in [0.25, 0.3) is 0 Å². The Bertz CT molecular complexity index is 536. The topological polar surface area (TPSA) is 47.0 Å². The van der Waals surface area contributed by atoms with Gasteiger partial charge in [-0.25, -0.2) is 4.98 Å². The highest BCUT2D eigenvalue weighted by molar-refractivity contribution is 7.13. The summed E-state index contributed by atoms with van der Waals surface area (Å²) in [4.78, 5) is 10.0. The van der Waals surface area contributed by atoms with Crippen molar-refractivity contribution in [3.63, 3.8) is 0 Å². The third-order valence-electron chi connectivity index (χ3n) is 3.16. The fourth-order valence-corrected chi connectivity index (χ4v) is 2.92. The molecule has 2 aromatic rings. The molecule has 3 rings (SSSR count). The first-order valence-corrected chi connectivity index (χ1v) is 7.46. The van der Waals surface area contributed by atoms with Gasteiger partial charge in [-0.05, 0) is 44.3 Å². The van der Waals surface area contributed by atoms with E-state index in [4.69, 9.17) is 4.74 Å². The minimum Gasteiger partial charge on any atom is -0.474 e. The van der Waals surface area contributed by atoms with Gasteiger partial charge in [0.1, 0.15) is 11.9 Å². The standard InChI is InChI=1S/C14H17N3OS/c1-10-16-12(13-3-2-8-19-13)9-14(17-10)18-11-4-6-15-7-5-11/h2-3,8-9,11,15H,4-7H2,1H3. The zero-order valence-corrected chi connectivity index (χ0v) is 11.7. The van der Waals surface area contributed by atoms with E-state index < -0.39 is 0 Å². The van der Waals surface area contributed by atoms with Crippen LogP contribution in [0, 0.1) is 6.92 Å². The number of piperidine rings is 1. The number of thiophene rings is 1. The molecule has 1 saturated heterocycles. The number of nitrogens with zero attached hydrogens (tertiary/aromatic N) is 2. The zero-order valence-electron chi connectivity index (χ0n) is 10.9. The molecule has 1 aliphatic heterocycles. The van der Waals surface area contributed by atoms with Crippen molar-refractivity contribution in [1.29, 1.82) is 0 Å². The van der Waals surface area contributed by atoms with Crippen LogP contribution in [0.25, 0.3) is 10.6 Å². The van der Waals surface area contributed by atoms with E-state index in [1.54, 1.807) is 11.3 Å². The van der Waals surface area contributed by atoms with Crippen LogP contribution in [-0.4, -0.2) is 29.2 Å². The average molecular weight is 275 g/mol. The predicted molar refractivity (Wildman–Crippen MR) is 76.6 cm³/mol. The molecule has 5 heteroatoms. The first-order valence-electron chi connectivity index (χ1n) is 6.58. The van der Waals surface area contributed by atoms with Crippen LogP contribution >= 0.6 is 11.3 Å². The molecular formula is C14H17N3OS. The maximum absolute atomic E-state index is 5.99. The summed E-state index contributed by atoms with van der Waals surface area (Å²) in [5.74, 6) is 1.46. The molecule has 100 valence electrons. The quantitative estimate of drug-likeness (QED) is 0.935. The van der Waals surface area contributed by atoms with Gasteiger partial charge >= 0.3 is 0 Å². The number of hydrogen-bond acceptors (Lipinski definition) is 5. The molecule has 3 heterocycles. The Morgan fingerprint density at radius 2 is 2.16 bits per heavy atom. The van der Waals surface area contributed by atoms with Crippen molar-refractivity contribution in [1.82, 2.24) is 15.3 Å². The van der Waals surface area contributed by atoms with Crippen LogP contribution in [0.5, 0.6) is 5.88 Å². The van der Waals surface area contributed by atoms with E-state index in [-0.39, 0.29) is 6.10 Å². The Morgan fingerprint density at radius 1 is 1.32 bits per heavy atom. The highest BCUT2D eigenvalue weighted by atomic mass is 32.1. The SMILES string of the molecule is Cc1nc(OC2CCNCC2)cc(-c2cccs2)n1. The lowest BCUT2D eigenvalue weighted by Crippen LogP contribution is -2.34. The smallest absolute Gasteiger partial charge is 0.217 e. The van der Waals surface area contributed by atoms with E-state index in [0.29, 0.717) is 5.88 Å². The maximum Gasteiger partial charge on any atom is 0.217 e. The van der Waals surface area contributed by atoms with Crippen LogP contribution in [0.4, 0.5) is 0 Å². The zero-order chi connectivity index (χ0) is 13.1. The lowest BCUT2D eigenvalue weighted by Gasteiger charge is -2.23. The van der Waals surface area contributed by atoms with Crippen LogP contribution < -0.4 is 10.1 Å². The van der Waals surface area contributed by atoms with E-state index in [0.717, 1.165) is 42.3 Å². The van der Waals surface area contributed by atoms with Crippen LogP contribution in [-0.2, 0) is 0 Å². The van der Waals surface area contributed by atoms with Crippen molar-refractivity contribution >= 4 is 11.3 Å². The maximum atomic E-state index is 5.99. The lowest BCUT2D eigenvalue weighted by atomic mass is 10.1. The largest absolute Gasteiger partial charge is 0.474 e. The molecule has 0 bridgehead atoms. The molecule has 0 saturated carbocycles. The average Bonchev–Trinajstić information content (AvgIpc) is 2.93. The number of nitrogens with one attached hydrogen (secondary N) is 1. The summed E-state index contributed by atoms with van der Waals surface area (Å²) >= 11 is 1.68. The van der Waals surface area contributed by atoms with E-state index in [1.807, 2.05) is 19.1 Å². The lowest BCUT2D eigenvalue weighted by molar-refractivity contribution is 0.155. The second-order valence-corrected chi connectivity index (χ2v) is 5.63. The van der Waals surface area contributed by atoms with E-state index >= 15 is 0 Å².